The highest BCUT2D eigenvalue weighted by molar-refractivity contribution is 9.10. The van der Waals surface area contributed by atoms with Crippen molar-refractivity contribution >= 4 is 38.3 Å². The van der Waals surface area contributed by atoms with Gasteiger partial charge in [0.05, 0.1) is 4.47 Å². The van der Waals surface area contributed by atoms with Crippen LogP contribution in [0, 0.1) is 0 Å². The number of fused-ring (bicyclic) bond motifs is 1. The summed E-state index contributed by atoms with van der Waals surface area (Å²) in [5.41, 5.74) is 2.20. The molecule has 0 heterocycles. The fourth-order valence-electron chi connectivity index (χ4n) is 2.67. The predicted molar refractivity (Wildman–Crippen MR) is 100 cm³/mol. The zero-order valence-corrected chi connectivity index (χ0v) is 15.1. The number of benzene rings is 3. The Hall–Kier alpha value is -1.55. The van der Waals surface area contributed by atoms with Gasteiger partial charge in [-0.05, 0) is 51.4 Å². The summed E-state index contributed by atoms with van der Waals surface area (Å²) >= 11 is 9.69. The Morgan fingerprint density at radius 1 is 1.04 bits per heavy atom. The quantitative estimate of drug-likeness (QED) is 0.616. The summed E-state index contributed by atoms with van der Waals surface area (Å²) < 4.78 is 6.99. The normalized spacial score (nSPS) is 10.9. The molecule has 0 aromatic heterocycles. The van der Waals surface area contributed by atoms with Gasteiger partial charge in [-0.2, -0.15) is 0 Å². The van der Waals surface area contributed by atoms with Gasteiger partial charge in [0.15, 0.2) is 0 Å². The molecule has 0 unspecified atom stereocenters. The van der Waals surface area contributed by atoms with Crippen molar-refractivity contribution in [2.24, 2.45) is 0 Å². The van der Waals surface area contributed by atoms with Crippen LogP contribution in [0.15, 0.2) is 59.1 Å². The van der Waals surface area contributed by atoms with Crippen LogP contribution in [0.4, 0.5) is 0 Å². The van der Waals surface area contributed by atoms with Crippen molar-refractivity contribution in [2.45, 2.75) is 13.2 Å². The maximum atomic E-state index is 6.14. The minimum Gasteiger partial charge on any atom is -0.487 e. The predicted octanol–water partition coefficient (Wildman–Crippen LogP) is 5.55. The zero-order chi connectivity index (χ0) is 16.2. The monoisotopic (exact) mass is 389 g/mol. The zero-order valence-electron chi connectivity index (χ0n) is 12.8. The average molecular weight is 391 g/mol. The topological polar surface area (TPSA) is 21.3 Å². The first kappa shape index (κ1) is 16.3. The van der Waals surface area contributed by atoms with E-state index in [0.717, 1.165) is 15.8 Å². The lowest BCUT2D eigenvalue weighted by molar-refractivity contribution is 0.302. The summed E-state index contributed by atoms with van der Waals surface area (Å²) in [4.78, 5) is 0. The van der Waals surface area contributed by atoms with Gasteiger partial charge in [-0.25, -0.2) is 0 Å². The highest BCUT2D eigenvalue weighted by atomic mass is 79.9. The number of rotatable bonds is 5. The second-order valence-corrected chi connectivity index (χ2v) is 6.62. The Morgan fingerprint density at radius 3 is 2.65 bits per heavy atom. The number of nitrogens with one attached hydrogen (secondary N) is 1. The van der Waals surface area contributed by atoms with Crippen LogP contribution < -0.4 is 10.1 Å². The third-order valence-corrected chi connectivity index (χ3v) is 4.51. The smallest absolute Gasteiger partial charge is 0.138 e. The molecule has 0 aliphatic rings. The molecule has 0 aliphatic heterocycles. The summed E-state index contributed by atoms with van der Waals surface area (Å²) in [5.74, 6) is 0.830. The lowest BCUT2D eigenvalue weighted by atomic mass is 10.1. The SMILES string of the molecule is CNCc1cc(Cl)cc(Br)c1OCc1cccc2ccccc12. The van der Waals surface area contributed by atoms with E-state index in [-0.39, 0.29) is 0 Å². The van der Waals surface area contributed by atoms with Gasteiger partial charge in [0, 0.05) is 17.1 Å². The molecule has 0 aliphatic carbocycles. The first-order valence-electron chi connectivity index (χ1n) is 7.41. The van der Waals surface area contributed by atoms with E-state index < -0.39 is 0 Å². The molecule has 0 bridgehead atoms. The van der Waals surface area contributed by atoms with Gasteiger partial charge in [0.2, 0.25) is 0 Å². The maximum Gasteiger partial charge on any atom is 0.138 e. The lowest BCUT2D eigenvalue weighted by Crippen LogP contribution is -2.08. The van der Waals surface area contributed by atoms with Gasteiger partial charge in [-0.3, -0.25) is 0 Å². The van der Waals surface area contributed by atoms with Crippen molar-refractivity contribution < 1.29 is 4.74 Å². The highest BCUT2D eigenvalue weighted by Crippen LogP contribution is 2.33. The van der Waals surface area contributed by atoms with Crippen LogP contribution in [0.5, 0.6) is 5.75 Å². The van der Waals surface area contributed by atoms with Crippen LogP contribution in [0.1, 0.15) is 11.1 Å². The molecule has 0 amide bonds. The third kappa shape index (κ3) is 3.69. The van der Waals surface area contributed by atoms with E-state index in [1.54, 1.807) is 0 Å². The first-order valence-corrected chi connectivity index (χ1v) is 8.58. The van der Waals surface area contributed by atoms with Gasteiger partial charge in [-0.1, -0.05) is 54.1 Å². The molecular weight excluding hydrogens is 374 g/mol. The summed E-state index contributed by atoms with van der Waals surface area (Å²) in [5, 5.41) is 6.28. The molecule has 0 saturated carbocycles. The minimum absolute atomic E-state index is 0.512. The number of hydrogen-bond donors (Lipinski definition) is 1. The van der Waals surface area contributed by atoms with Crippen LogP contribution in [0.3, 0.4) is 0 Å². The molecule has 3 aromatic rings. The van der Waals surface area contributed by atoms with Crippen LogP contribution in [0.25, 0.3) is 10.8 Å². The van der Waals surface area contributed by atoms with Gasteiger partial charge < -0.3 is 10.1 Å². The van der Waals surface area contributed by atoms with Gasteiger partial charge in [0.1, 0.15) is 12.4 Å². The van der Waals surface area contributed by atoms with E-state index in [9.17, 15) is 0 Å². The molecule has 0 spiro atoms. The Kier molecular flexibility index (Phi) is 5.21. The number of hydrogen-bond acceptors (Lipinski definition) is 2. The lowest BCUT2D eigenvalue weighted by Gasteiger charge is -2.15. The maximum absolute atomic E-state index is 6.14. The number of halogens is 2. The fraction of sp³-hybridized carbons (Fsp3) is 0.158. The molecule has 1 N–H and O–H groups in total. The Labute approximate surface area is 149 Å². The molecule has 23 heavy (non-hydrogen) atoms. The average Bonchev–Trinajstić information content (AvgIpc) is 2.54. The van der Waals surface area contributed by atoms with Gasteiger partial charge in [0.25, 0.3) is 0 Å². The van der Waals surface area contributed by atoms with Crippen LogP contribution in [-0.2, 0) is 13.2 Å². The van der Waals surface area contributed by atoms with Crippen molar-refractivity contribution in [3.8, 4) is 5.75 Å². The van der Waals surface area contributed by atoms with Crippen LogP contribution >= 0.6 is 27.5 Å². The molecule has 0 atom stereocenters. The molecule has 0 saturated heterocycles. The molecule has 3 rings (SSSR count). The second-order valence-electron chi connectivity index (χ2n) is 5.33. The molecule has 0 fully saturated rings. The van der Waals surface area contributed by atoms with E-state index in [1.165, 1.54) is 16.3 Å². The largest absolute Gasteiger partial charge is 0.487 e. The van der Waals surface area contributed by atoms with Crippen molar-refractivity contribution in [1.82, 2.24) is 5.32 Å². The van der Waals surface area contributed by atoms with Crippen molar-refractivity contribution in [1.29, 1.82) is 0 Å². The summed E-state index contributed by atoms with van der Waals surface area (Å²) in [7, 11) is 1.91. The van der Waals surface area contributed by atoms with Crippen LogP contribution in [0.2, 0.25) is 5.02 Å². The standard InChI is InChI=1S/C19H17BrClNO/c1-22-11-15-9-16(21)10-18(20)19(15)23-12-14-7-4-6-13-5-2-3-8-17(13)14/h2-10,22H,11-12H2,1H3. The molecular formula is C19H17BrClNO. The van der Waals surface area contributed by atoms with E-state index in [4.69, 9.17) is 16.3 Å². The minimum atomic E-state index is 0.512. The van der Waals surface area contributed by atoms with Crippen LogP contribution in [-0.4, -0.2) is 7.05 Å². The molecule has 2 nitrogen and oxygen atoms in total. The summed E-state index contributed by atoms with van der Waals surface area (Å²) in [6.45, 7) is 1.21. The molecule has 4 heteroatoms. The van der Waals surface area contributed by atoms with Gasteiger partial charge >= 0.3 is 0 Å². The fourth-order valence-corrected chi connectivity index (χ4v) is 3.65. The Balaban J connectivity index is 1.91. The van der Waals surface area contributed by atoms with Crippen molar-refractivity contribution in [3.05, 3.63) is 75.2 Å². The van der Waals surface area contributed by atoms with E-state index in [0.29, 0.717) is 18.2 Å². The molecule has 0 radical (unpaired) electrons. The Morgan fingerprint density at radius 2 is 1.83 bits per heavy atom. The van der Waals surface area contributed by atoms with E-state index in [1.807, 2.05) is 25.2 Å². The van der Waals surface area contributed by atoms with Gasteiger partial charge in [-0.15, -0.1) is 0 Å². The Bertz CT molecular complexity index is 829. The molecule has 3 aromatic carbocycles. The highest BCUT2D eigenvalue weighted by Gasteiger charge is 2.11. The second kappa shape index (κ2) is 7.35. The van der Waals surface area contributed by atoms with Crippen molar-refractivity contribution in [2.75, 3.05) is 7.05 Å². The first-order chi connectivity index (χ1) is 11.2. The molecule has 118 valence electrons. The van der Waals surface area contributed by atoms with E-state index >= 15 is 0 Å². The van der Waals surface area contributed by atoms with E-state index in [2.05, 4.69) is 57.6 Å². The summed E-state index contributed by atoms with van der Waals surface area (Å²) in [6, 6.07) is 18.4. The number of ether oxygens (including phenoxy) is 1. The third-order valence-electron chi connectivity index (χ3n) is 3.70. The summed E-state index contributed by atoms with van der Waals surface area (Å²) in [6.07, 6.45) is 0. The van der Waals surface area contributed by atoms with Crippen molar-refractivity contribution in [3.63, 3.8) is 0 Å².